The van der Waals surface area contributed by atoms with Crippen LogP contribution in [0.25, 0.3) is 0 Å². The topological polar surface area (TPSA) is 63.2 Å². The molecule has 1 N–H and O–H groups in total. The predicted octanol–water partition coefficient (Wildman–Crippen LogP) is 1.25. The molecular formula is C12H19NO3. The number of rotatable bonds is 7. The molecule has 0 aliphatic rings. The number of allylic oxidation sites excluding steroid dienone is 2. The summed E-state index contributed by atoms with van der Waals surface area (Å²) in [5.74, 6) is -0.419. The summed E-state index contributed by atoms with van der Waals surface area (Å²) in [5, 5.41) is 2.50. The van der Waals surface area contributed by atoms with Crippen molar-refractivity contribution in [3.05, 3.63) is 12.2 Å². The van der Waals surface area contributed by atoms with Gasteiger partial charge in [0, 0.05) is 18.8 Å². The molecule has 0 rings (SSSR count). The van der Waals surface area contributed by atoms with Gasteiger partial charge in [-0.3, -0.25) is 14.4 Å². The SMILES string of the molecule is C/C=C/C(=O)CCC(=O)NCC(=O)C(C)C. The fourth-order valence-corrected chi connectivity index (χ4v) is 0.984. The molecule has 0 aromatic rings. The second-order valence-corrected chi connectivity index (χ2v) is 3.86. The van der Waals surface area contributed by atoms with Crippen molar-refractivity contribution >= 4 is 17.5 Å². The third kappa shape index (κ3) is 6.92. The van der Waals surface area contributed by atoms with Gasteiger partial charge in [-0.15, -0.1) is 0 Å². The Morgan fingerprint density at radius 2 is 1.81 bits per heavy atom. The van der Waals surface area contributed by atoms with Crippen molar-refractivity contribution in [3.63, 3.8) is 0 Å². The molecule has 0 aliphatic heterocycles. The van der Waals surface area contributed by atoms with E-state index in [1.165, 1.54) is 6.08 Å². The van der Waals surface area contributed by atoms with E-state index < -0.39 is 0 Å². The van der Waals surface area contributed by atoms with E-state index in [-0.39, 0.29) is 42.8 Å². The van der Waals surface area contributed by atoms with Gasteiger partial charge in [-0.25, -0.2) is 0 Å². The summed E-state index contributed by atoms with van der Waals surface area (Å²) in [6.07, 6.45) is 3.40. The van der Waals surface area contributed by atoms with Crippen molar-refractivity contribution in [2.75, 3.05) is 6.54 Å². The zero-order chi connectivity index (χ0) is 12.6. The average Bonchev–Trinajstić information content (AvgIpc) is 2.23. The first-order valence-electron chi connectivity index (χ1n) is 5.42. The van der Waals surface area contributed by atoms with Gasteiger partial charge >= 0.3 is 0 Å². The Labute approximate surface area is 96.1 Å². The molecule has 0 aromatic carbocycles. The summed E-state index contributed by atoms with van der Waals surface area (Å²) in [7, 11) is 0. The first-order chi connectivity index (χ1) is 7.47. The maximum atomic E-state index is 11.2. The molecule has 0 radical (unpaired) electrons. The minimum atomic E-state index is -0.258. The average molecular weight is 225 g/mol. The first kappa shape index (κ1) is 14.6. The third-order valence-corrected chi connectivity index (χ3v) is 2.05. The van der Waals surface area contributed by atoms with Crippen LogP contribution in [0.3, 0.4) is 0 Å². The molecule has 0 saturated carbocycles. The molecule has 0 heterocycles. The number of carbonyl (C=O) groups is 3. The van der Waals surface area contributed by atoms with Crippen molar-refractivity contribution in [2.45, 2.75) is 33.6 Å². The maximum Gasteiger partial charge on any atom is 0.220 e. The molecule has 0 atom stereocenters. The zero-order valence-corrected chi connectivity index (χ0v) is 10.1. The quantitative estimate of drug-likeness (QED) is 0.663. The number of ketones is 2. The number of nitrogens with one attached hydrogen (secondary N) is 1. The molecule has 0 saturated heterocycles. The Morgan fingerprint density at radius 3 is 2.31 bits per heavy atom. The number of carbonyl (C=O) groups excluding carboxylic acids is 3. The Morgan fingerprint density at radius 1 is 1.19 bits per heavy atom. The van der Waals surface area contributed by atoms with E-state index in [0.717, 1.165) is 0 Å². The van der Waals surface area contributed by atoms with Crippen LogP contribution >= 0.6 is 0 Å². The monoisotopic (exact) mass is 225 g/mol. The van der Waals surface area contributed by atoms with Gasteiger partial charge in [0.15, 0.2) is 11.6 Å². The molecule has 0 aliphatic carbocycles. The van der Waals surface area contributed by atoms with Crippen LogP contribution in [0.1, 0.15) is 33.6 Å². The van der Waals surface area contributed by atoms with Crippen molar-refractivity contribution < 1.29 is 14.4 Å². The van der Waals surface area contributed by atoms with Crippen LogP contribution in [0.5, 0.6) is 0 Å². The minimum Gasteiger partial charge on any atom is -0.349 e. The van der Waals surface area contributed by atoms with Gasteiger partial charge in [-0.05, 0) is 13.0 Å². The van der Waals surface area contributed by atoms with E-state index in [9.17, 15) is 14.4 Å². The summed E-state index contributed by atoms with van der Waals surface area (Å²) in [4.78, 5) is 33.5. The van der Waals surface area contributed by atoms with Gasteiger partial charge in [0.25, 0.3) is 0 Å². The van der Waals surface area contributed by atoms with Crippen LogP contribution in [-0.2, 0) is 14.4 Å². The van der Waals surface area contributed by atoms with Gasteiger partial charge in [-0.1, -0.05) is 19.9 Å². The maximum absolute atomic E-state index is 11.2. The normalized spacial score (nSPS) is 10.8. The molecule has 16 heavy (non-hydrogen) atoms. The Kier molecular flexibility index (Phi) is 7.09. The number of hydrogen-bond donors (Lipinski definition) is 1. The van der Waals surface area contributed by atoms with Gasteiger partial charge in [0.2, 0.25) is 5.91 Å². The van der Waals surface area contributed by atoms with E-state index in [4.69, 9.17) is 0 Å². The Balaban J connectivity index is 3.75. The number of Topliss-reactive ketones (excluding diaryl/α,β-unsaturated/α-hetero) is 1. The Hall–Kier alpha value is -1.45. The summed E-state index contributed by atoms with van der Waals surface area (Å²) in [5.41, 5.74) is 0. The van der Waals surface area contributed by atoms with Crippen LogP contribution in [0.4, 0.5) is 0 Å². The predicted molar refractivity (Wildman–Crippen MR) is 61.9 cm³/mol. The highest BCUT2D eigenvalue weighted by atomic mass is 16.2. The molecule has 0 bridgehead atoms. The summed E-state index contributed by atoms with van der Waals surface area (Å²) in [6, 6.07) is 0. The van der Waals surface area contributed by atoms with E-state index in [1.807, 2.05) is 0 Å². The zero-order valence-electron chi connectivity index (χ0n) is 10.1. The highest BCUT2D eigenvalue weighted by molar-refractivity contribution is 5.93. The van der Waals surface area contributed by atoms with Crippen LogP contribution < -0.4 is 5.32 Å². The number of hydrogen-bond acceptors (Lipinski definition) is 3. The van der Waals surface area contributed by atoms with E-state index in [1.54, 1.807) is 26.8 Å². The van der Waals surface area contributed by atoms with Gasteiger partial charge in [0.1, 0.15) is 0 Å². The lowest BCUT2D eigenvalue weighted by molar-refractivity contribution is -0.127. The smallest absolute Gasteiger partial charge is 0.220 e. The van der Waals surface area contributed by atoms with Crippen LogP contribution in [0.2, 0.25) is 0 Å². The molecule has 4 nitrogen and oxygen atoms in total. The van der Waals surface area contributed by atoms with Crippen LogP contribution in [0.15, 0.2) is 12.2 Å². The number of amides is 1. The molecule has 0 spiro atoms. The molecule has 0 unspecified atom stereocenters. The van der Waals surface area contributed by atoms with Gasteiger partial charge in [-0.2, -0.15) is 0 Å². The second kappa shape index (κ2) is 7.79. The van der Waals surface area contributed by atoms with Crippen molar-refractivity contribution in [2.24, 2.45) is 5.92 Å². The van der Waals surface area contributed by atoms with Crippen molar-refractivity contribution in [1.82, 2.24) is 5.32 Å². The standard InChI is InChI=1S/C12H19NO3/c1-4-5-10(14)6-7-12(16)13-8-11(15)9(2)3/h4-5,9H,6-8H2,1-3H3,(H,13,16)/b5-4+. The lowest BCUT2D eigenvalue weighted by Gasteiger charge is -2.05. The van der Waals surface area contributed by atoms with Crippen molar-refractivity contribution in [1.29, 1.82) is 0 Å². The molecule has 4 heteroatoms. The van der Waals surface area contributed by atoms with Crippen LogP contribution in [0, 0.1) is 5.92 Å². The lowest BCUT2D eigenvalue weighted by atomic mass is 10.1. The van der Waals surface area contributed by atoms with Gasteiger partial charge < -0.3 is 5.32 Å². The fraction of sp³-hybridized carbons (Fsp3) is 0.583. The summed E-state index contributed by atoms with van der Waals surface area (Å²) >= 11 is 0. The van der Waals surface area contributed by atoms with E-state index >= 15 is 0 Å². The van der Waals surface area contributed by atoms with Crippen LogP contribution in [-0.4, -0.2) is 24.0 Å². The largest absolute Gasteiger partial charge is 0.349 e. The minimum absolute atomic E-state index is 0.00636. The van der Waals surface area contributed by atoms with E-state index in [2.05, 4.69) is 5.32 Å². The second-order valence-electron chi connectivity index (χ2n) is 3.86. The molecule has 90 valence electrons. The molecule has 1 amide bonds. The summed E-state index contributed by atoms with van der Waals surface area (Å²) in [6.45, 7) is 5.36. The van der Waals surface area contributed by atoms with Crippen molar-refractivity contribution in [3.8, 4) is 0 Å². The van der Waals surface area contributed by atoms with E-state index in [0.29, 0.717) is 0 Å². The first-order valence-corrected chi connectivity index (χ1v) is 5.42. The molecule has 0 aromatic heterocycles. The lowest BCUT2D eigenvalue weighted by Crippen LogP contribution is -2.31. The summed E-state index contributed by atoms with van der Waals surface area (Å²) < 4.78 is 0. The molecule has 0 fully saturated rings. The highest BCUT2D eigenvalue weighted by Crippen LogP contribution is 1.95. The molecular weight excluding hydrogens is 206 g/mol. The Bertz CT molecular complexity index is 293. The fourth-order valence-electron chi connectivity index (χ4n) is 0.984. The highest BCUT2D eigenvalue weighted by Gasteiger charge is 2.09. The van der Waals surface area contributed by atoms with Gasteiger partial charge in [0.05, 0.1) is 6.54 Å². The third-order valence-electron chi connectivity index (χ3n) is 2.05.